The number of nitriles is 1. The fourth-order valence-corrected chi connectivity index (χ4v) is 5.25. The smallest absolute Gasteiger partial charge is 0.243 e. The van der Waals surface area contributed by atoms with Gasteiger partial charge in [-0.3, -0.25) is 0 Å². The van der Waals surface area contributed by atoms with Crippen LogP contribution in [0.2, 0.25) is 0 Å². The fourth-order valence-electron chi connectivity index (χ4n) is 3.37. The van der Waals surface area contributed by atoms with Gasteiger partial charge in [-0.25, -0.2) is 8.42 Å². The van der Waals surface area contributed by atoms with Crippen molar-refractivity contribution in [3.8, 4) is 6.07 Å². The number of nitrogens with zero attached hydrogens (tertiary/aromatic N) is 3. The first-order chi connectivity index (χ1) is 10.9. The van der Waals surface area contributed by atoms with Gasteiger partial charge in [0.05, 0.1) is 35.3 Å². The zero-order valence-corrected chi connectivity index (χ0v) is 14.2. The Balaban J connectivity index is 2.00. The summed E-state index contributed by atoms with van der Waals surface area (Å²) in [4.78, 5) is 2.36. The van der Waals surface area contributed by atoms with Gasteiger partial charge in [0.2, 0.25) is 10.0 Å². The number of sulfonamides is 1. The van der Waals surface area contributed by atoms with Gasteiger partial charge < -0.3 is 9.64 Å². The Morgan fingerprint density at radius 2 is 2.13 bits per heavy atom. The number of likely N-dealkylation sites (tertiary alicyclic amines) is 1. The molecule has 2 aliphatic rings. The first kappa shape index (κ1) is 16.4. The van der Waals surface area contributed by atoms with Crippen molar-refractivity contribution >= 4 is 10.0 Å². The lowest BCUT2D eigenvalue weighted by atomic mass is 10.0. The van der Waals surface area contributed by atoms with Crippen LogP contribution in [0, 0.1) is 18.3 Å². The van der Waals surface area contributed by atoms with Crippen molar-refractivity contribution in [3.05, 3.63) is 29.3 Å². The van der Waals surface area contributed by atoms with E-state index in [1.54, 1.807) is 23.4 Å². The van der Waals surface area contributed by atoms with Gasteiger partial charge in [0, 0.05) is 19.6 Å². The van der Waals surface area contributed by atoms with E-state index in [1.807, 2.05) is 13.1 Å². The number of fused-ring (bicyclic) bond motifs is 1. The molecule has 2 heterocycles. The highest BCUT2D eigenvalue weighted by Crippen LogP contribution is 2.29. The van der Waals surface area contributed by atoms with Crippen LogP contribution in [0.15, 0.2) is 23.1 Å². The molecule has 0 saturated carbocycles. The SMILES string of the molecule is Cc1ccc(C#N)cc1S(=O)(=O)N1CCOC2CCN(C)CC21. The summed E-state index contributed by atoms with van der Waals surface area (Å²) in [5.41, 5.74) is 1.02. The zero-order chi connectivity index (χ0) is 16.6. The summed E-state index contributed by atoms with van der Waals surface area (Å²) in [5, 5.41) is 9.07. The minimum Gasteiger partial charge on any atom is -0.375 e. The maximum Gasteiger partial charge on any atom is 0.243 e. The van der Waals surface area contributed by atoms with Crippen LogP contribution >= 0.6 is 0 Å². The van der Waals surface area contributed by atoms with E-state index in [0.717, 1.165) is 13.0 Å². The second-order valence-electron chi connectivity index (χ2n) is 6.24. The van der Waals surface area contributed by atoms with Gasteiger partial charge >= 0.3 is 0 Å². The lowest BCUT2D eigenvalue weighted by Crippen LogP contribution is -2.60. The van der Waals surface area contributed by atoms with Gasteiger partial charge in [0.25, 0.3) is 0 Å². The average molecular weight is 335 g/mol. The molecule has 2 atom stereocenters. The fraction of sp³-hybridized carbons (Fsp3) is 0.562. The summed E-state index contributed by atoms with van der Waals surface area (Å²) in [6, 6.07) is 6.66. The number of aryl methyl sites for hydroxylation is 1. The van der Waals surface area contributed by atoms with Crippen LogP contribution in [-0.2, 0) is 14.8 Å². The molecule has 0 amide bonds. The van der Waals surface area contributed by atoms with Crippen molar-refractivity contribution in [2.45, 2.75) is 30.4 Å². The summed E-state index contributed by atoms with van der Waals surface area (Å²) < 4.78 is 33.7. The summed E-state index contributed by atoms with van der Waals surface area (Å²) in [6.45, 7) is 4.12. The monoisotopic (exact) mass is 335 g/mol. The number of hydrogen-bond donors (Lipinski definition) is 0. The number of piperidine rings is 1. The second-order valence-corrected chi connectivity index (χ2v) is 8.09. The predicted molar refractivity (Wildman–Crippen MR) is 85.4 cm³/mol. The lowest BCUT2D eigenvalue weighted by molar-refractivity contribution is -0.0719. The average Bonchev–Trinajstić information content (AvgIpc) is 2.54. The molecule has 1 aromatic carbocycles. The number of ether oxygens (including phenoxy) is 1. The van der Waals surface area contributed by atoms with Crippen molar-refractivity contribution < 1.29 is 13.2 Å². The van der Waals surface area contributed by atoms with Gasteiger partial charge in [0.1, 0.15) is 0 Å². The van der Waals surface area contributed by atoms with Crippen molar-refractivity contribution in [2.75, 3.05) is 33.3 Å². The molecular formula is C16H21N3O3S. The quantitative estimate of drug-likeness (QED) is 0.805. The summed E-state index contributed by atoms with van der Waals surface area (Å²) in [7, 11) is -1.65. The molecule has 2 unspecified atom stereocenters. The molecule has 0 bridgehead atoms. The maximum atomic E-state index is 13.2. The molecule has 2 aliphatic heterocycles. The predicted octanol–water partition coefficient (Wildman–Crippen LogP) is 0.960. The molecule has 0 N–H and O–H groups in total. The largest absolute Gasteiger partial charge is 0.375 e. The molecule has 2 saturated heterocycles. The van der Waals surface area contributed by atoms with Gasteiger partial charge in [-0.15, -0.1) is 0 Å². The van der Waals surface area contributed by atoms with Gasteiger partial charge in [-0.05, 0) is 38.1 Å². The highest BCUT2D eigenvalue weighted by Gasteiger charge is 2.42. The van der Waals surface area contributed by atoms with Crippen molar-refractivity contribution in [1.29, 1.82) is 5.26 Å². The summed E-state index contributed by atoms with van der Waals surface area (Å²) in [6.07, 6.45) is 0.791. The van der Waals surface area contributed by atoms with Gasteiger partial charge in [-0.2, -0.15) is 9.57 Å². The molecule has 2 fully saturated rings. The third kappa shape index (κ3) is 3.00. The van der Waals surface area contributed by atoms with E-state index >= 15 is 0 Å². The number of likely N-dealkylation sites (N-methyl/N-ethyl adjacent to an activating group) is 1. The van der Waals surface area contributed by atoms with Crippen molar-refractivity contribution in [2.24, 2.45) is 0 Å². The third-order valence-electron chi connectivity index (χ3n) is 4.64. The number of benzene rings is 1. The van der Waals surface area contributed by atoms with E-state index in [9.17, 15) is 8.42 Å². The van der Waals surface area contributed by atoms with Crippen LogP contribution in [0.1, 0.15) is 17.5 Å². The third-order valence-corrected chi connectivity index (χ3v) is 6.71. The van der Waals surface area contributed by atoms with E-state index < -0.39 is 10.0 Å². The number of hydrogen-bond acceptors (Lipinski definition) is 5. The molecular weight excluding hydrogens is 314 g/mol. The Bertz CT molecular complexity index is 741. The summed E-state index contributed by atoms with van der Waals surface area (Å²) >= 11 is 0. The Hall–Kier alpha value is -1.46. The molecule has 23 heavy (non-hydrogen) atoms. The van der Waals surface area contributed by atoms with Crippen LogP contribution in [-0.4, -0.2) is 63.1 Å². The molecule has 0 radical (unpaired) electrons. The molecule has 7 heteroatoms. The molecule has 0 spiro atoms. The van der Waals surface area contributed by atoms with E-state index in [0.29, 0.717) is 30.8 Å². The van der Waals surface area contributed by atoms with E-state index in [2.05, 4.69) is 4.90 Å². The van der Waals surface area contributed by atoms with Gasteiger partial charge in [0.15, 0.2) is 0 Å². The van der Waals surface area contributed by atoms with Crippen molar-refractivity contribution in [3.63, 3.8) is 0 Å². The first-order valence-corrected chi connectivity index (χ1v) is 9.20. The van der Waals surface area contributed by atoms with Crippen LogP contribution in [0.5, 0.6) is 0 Å². The molecule has 0 aliphatic carbocycles. The Labute approximate surface area is 137 Å². The standard InChI is InChI=1S/C16H21N3O3S/c1-12-3-4-13(10-17)9-16(12)23(20,21)19-7-8-22-15-5-6-18(2)11-14(15)19/h3-4,9,14-15H,5-8,11H2,1-2H3. The maximum absolute atomic E-state index is 13.2. The molecule has 124 valence electrons. The Morgan fingerprint density at radius 1 is 1.35 bits per heavy atom. The van der Waals surface area contributed by atoms with Crippen LogP contribution in [0.4, 0.5) is 0 Å². The van der Waals surface area contributed by atoms with Crippen LogP contribution in [0.3, 0.4) is 0 Å². The molecule has 6 nitrogen and oxygen atoms in total. The highest BCUT2D eigenvalue weighted by atomic mass is 32.2. The highest BCUT2D eigenvalue weighted by molar-refractivity contribution is 7.89. The molecule has 3 rings (SSSR count). The van der Waals surface area contributed by atoms with Crippen LogP contribution in [0.25, 0.3) is 0 Å². The minimum atomic E-state index is -3.64. The second kappa shape index (κ2) is 6.21. The van der Waals surface area contributed by atoms with E-state index in [1.165, 1.54) is 6.07 Å². The first-order valence-electron chi connectivity index (χ1n) is 7.76. The minimum absolute atomic E-state index is 0.0471. The van der Waals surface area contributed by atoms with Crippen molar-refractivity contribution in [1.82, 2.24) is 9.21 Å². The number of rotatable bonds is 2. The van der Waals surface area contributed by atoms with E-state index in [4.69, 9.17) is 10.00 Å². The molecule has 1 aromatic rings. The summed E-state index contributed by atoms with van der Waals surface area (Å²) in [5.74, 6) is 0. The Kier molecular flexibility index (Phi) is 4.43. The van der Waals surface area contributed by atoms with Crippen LogP contribution < -0.4 is 0 Å². The normalized spacial score (nSPS) is 26.5. The zero-order valence-electron chi connectivity index (χ0n) is 13.4. The van der Waals surface area contributed by atoms with E-state index in [-0.39, 0.29) is 17.0 Å². The lowest BCUT2D eigenvalue weighted by Gasteiger charge is -2.45. The topological polar surface area (TPSA) is 73.6 Å². The Morgan fingerprint density at radius 3 is 2.87 bits per heavy atom. The number of morpholine rings is 1. The van der Waals surface area contributed by atoms with Gasteiger partial charge in [-0.1, -0.05) is 6.07 Å². The molecule has 0 aromatic heterocycles.